The van der Waals surface area contributed by atoms with Gasteiger partial charge in [-0.05, 0) is 48.0 Å². The van der Waals surface area contributed by atoms with Crippen molar-refractivity contribution in [3.8, 4) is 5.75 Å². The molecule has 1 N–H and O–H groups in total. The smallest absolute Gasteiger partial charge is 0.293 e. The normalized spacial score (nSPS) is 15.2. The van der Waals surface area contributed by atoms with E-state index in [1.54, 1.807) is 12.1 Å². The summed E-state index contributed by atoms with van der Waals surface area (Å²) < 4.78 is 5.42. The standard InChI is InChI=1S/C21H20N2O4S/c1-15-6-5-9-17(12-15)27-14-19(24)22-10-11-23-20(25)18(28-21(23)26)13-16-7-3-2-4-8-16/h2-9,12-13H,10-11,14H2,1H3,(H,22,24)/b18-13-. The molecule has 1 heterocycles. The second kappa shape index (κ2) is 9.23. The van der Waals surface area contributed by atoms with Crippen LogP contribution in [0.1, 0.15) is 11.1 Å². The second-order valence-electron chi connectivity index (χ2n) is 6.20. The molecule has 0 aromatic heterocycles. The quantitative estimate of drug-likeness (QED) is 0.728. The molecule has 144 valence electrons. The van der Waals surface area contributed by atoms with Gasteiger partial charge in [-0.3, -0.25) is 19.3 Å². The highest BCUT2D eigenvalue weighted by Gasteiger charge is 2.34. The Morgan fingerprint density at radius 2 is 1.93 bits per heavy atom. The minimum atomic E-state index is -0.343. The van der Waals surface area contributed by atoms with Crippen LogP contribution in [0.25, 0.3) is 6.08 Å². The number of hydrogen-bond donors (Lipinski definition) is 1. The Labute approximate surface area is 167 Å². The van der Waals surface area contributed by atoms with E-state index in [0.717, 1.165) is 27.8 Å². The van der Waals surface area contributed by atoms with Crippen LogP contribution < -0.4 is 10.1 Å². The zero-order valence-corrected chi connectivity index (χ0v) is 16.2. The SMILES string of the molecule is Cc1cccc(OCC(=O)NCCN2C(=O)S/C(=C\c3ccccc3)C2=O)c1. The number of aryl methyl sites for hydroxylation is 1. The Morgan fingerprint density at radius 1 is 1.14 bits per heavy atom. The molecule has 0 spiro atoms. The maximum Gasteiger partial charge on any atom is 0.293 e. The lowest BCUT2D eigenvalue weighted by Crippen LogP contribution is -2.38. The van der Waals surface area contributed by atoms with Crippen molar-refractivity contribution in [1.82, 2.24) is 10.2 Å². The Hall–Kier alpha value is -3.06. The molecule has 28 heavy (non-hydrogen) atoms. The predicted molar refractivity (Wildman–Crippen MR) is 109 cm³/mol. The van der Waals surface area contributed by atoms with E-state index in [-0.39, 0.29) is 36.7 Å². The fourth-order valence-corrected chi connectivity index (χ4v) is 3.47. The molecule has 3 amide bonds. The van der Waals surface area contributed by atoms with E-state index in [4.69, 9.17) is 4.74 Å². The minimum Gasteiger partial charge on any atom is -0.484 e. The molecule has 0 aliphatic carbocycles. The van der Waals surface area contributed by atoms with Gasteiger partial charge in [-0.15, -0.1) is 0 Å². The van der Waals surface area contributed by atoms with E-state index >= 15 is 0 Å². The molecule has 2 aromatic rings. The number of nitrogens with one attached hydrogen (secondary N) is 1. The number of ether oxygens (including phenoxy) is 1. The monoisotopic (exact) mass is 396 g/mol. The molecule has 1 saturated heterocycles. The Kier molecular flexibility index (Phi) is 6.49. The Balaban J connectivity index is 1.46. The van der Waals surface area contributed by atoms with Gasteiger partial charge in [0.2, 0.25) is 0 Å². The summed E-state index contributed by atoms with van der Waals surface area (Å²) in [4.78, 5) is 37.9. The van der Waals surface area contributed by atoms with Crippen molar-refractivity contribution in [1.29, 1.82) is 0 Å². The maximum atomic E-state index is 12.4. The molecule has 1 aliphatic heterocycles. The van der Waals surface area contributed by atoms with Crippen LogP contribution in [0, 0.1) is 6.92 Å². The summed E-state index contributed by atoms with van der Waals surface area (Å²) in [5.41, 5.74) is 1.90. The zero-order chi connectivity index (χ0) is 19.9. The molecule has 0 bridgehead atoms. The minimum absolute atomic E-state index is 0.118. The lowest BCUT2D eigenvalue weighted by Gasteiger charge is -2.13. The first-order chi connectivity index (χ1) is 13.5. The van der Waals surface area contributed by atoms with Crippen molar-refractivity contribution in [2.24, 2.45) is 0 Å². The summed E-state index contributed by atoms with van der Waals surface area (Å²) in [6, 6.07) is 16.8. The van der Waals surface area contributed by atoms with Gasteiger partial charge < -0.3 is 10.1 Å². The van der Waals surface area contributed by atoms with Gasteiger partial charge >= 0.3 is 0 Å². The molecule has 6 nitrogen and oxygen atoms in total. The highest BCUT2D eigenvalue weighted by Crippen LogP contribution is 2.31. The van der Waals surface area contributed by atoms with Crippen LogP contribution in [0.15, 0.2) is 59.5 Å². The first kappa shape index (κ1) is 19.7. The van der Waals surface area contributed by atoms with Crippen molar-refractivity contribution in [3.05, 3.63) is 70.6 Å². The molecule has 0 saturated carbocycles. The Morgan fingerprint density at radius 3 is 2.68 bits per heavy atom. The lowest BCUT2D eigenvalue weighted by atomic mass is 10.2. The summed E-state index contributed by atoms with van der Waals surface area (Å²) in [6.07, 6.45) is 1.69. The number of carbonyl (C=O) groups excluding carboxylic acids is 3. The topological polar surface area (TPSA) is 75.7 Å². The third-order valence-electron chi connectivity index (χ3n) is 3.99. The van der Waals surface area contributed by atoms with Crippen LogP contribution in [-0.4, -0.2) is 41.6 Å². The van der Waals surface area contributed by atoms with E-state index < -0.39 is 0 Å². The summed E-state index contributed by atoms with van der Waals surface area (Å²) in [7, 11) is 0. The first-order valence-corrected chi connectivity index (χ1v) is 9.61. The van der Waals surface area contributed by atoms with Crippen LogP contribution in [0.2, 0.25) is 0 Å². The fraction of sp³-hybridized carbons (Fsp3) is 0.190. The van der Waals surface area contributed by atoms with Gasteiger partial charge in [-0.1, -0.05) is 42.5 Å². The van der Waals surface area contributed by atoms with E-state index in [1.165, 1.54) is 0 Å². The zero-order valence-electron chi connectivity index (χ0n) is 15.4. The number of carbonyl (C=O) groups is 3. The van der Waals surface area contributed by atoms with Gasteiger partial charge in [0.1, 0.15) is 5.75 Å². The van der Waals surface area contributed by atoms with Crippen molar-refractivity contribution in [2.75, 3.05) is 19.7 Å². The van der Waals surface area contributed by atoms with Crippen LogP contribution in [0.5, 0.6) is 5.75 Å². The van der Waals surface area contributed by atoms with Gasteiger partial charge in [-0.25, -0.2) is 0 Å². The maximum absolute atomic E-state index is 12.4. The number of nitrogens with zero attached hydrogens (tertiary/aromatic N) is 1. The van der Waals surface area contributed by atoms with E-state index in [2.05, 4.69) is 5.32 Å². The highest BCUT2D eigenvalue weighted by molar-refractivity contribution is 8.18. The van der Waals surface area contributed by atoms with Gasteiger partial charge in [0.05, 0.1) is 4.91 Å². The van der Waals surface area contributed by atoms with Crippen LogP contribution in [-0.2, 0) is 9.59 Å². The van der Waals surface area contributed by atoms with Crippen molar-refractivity contribution in [2.45, 2.75) is 6.92 Å². The third-order valence-corrected chi connectivity index (χ3v) is 4.90. The van der Waals surface area contributed by atoms with Gasteiger partial charge in [0.25, 0.3) is 17.1 Å². The summed E-state index contributed by atoms with van der Waals surface area (Å²) in [6.45, 7) is 2.11. The van der Waals surface area contributed by atoms with Gasteiger partial charge in [-0.2, -0.15) is 0 Å². The number of rotatable bonds is 7. The number of imide groups is 1. The molecule has 0 atom stereocenters. The summed E-state index contributed by atoms with van der Waals surface area (Å²) in [5.74, 6) is -0.0374. The van der Waals surface area contributed by atoms with Crippen LogP contribution >= 0.6 is 11.8 Å². The molecular weight excluding hydrogens is 376 g/mol. The van der Waals surface area contributed by atoms with Crippen molar-refractivity contribution >= 4 is 34.9 Å². The predicted octanol–water partition coefficient (Wildman–Crippen LogP) is 3.23. The number of thioether (sulfide) groups is 1. The largest absolute Gasteiger partial charge is 0.484 e. The first-order valence-electron chi connectivity index (χ1n) is 8.79. The molecule has 1 fully saturated rings. The molecule has 2 aromatic carbocycles. The molecular formula is C21H20N2O4S. The van der Waals surface area contributed by atoms with Crippen LogP contribution in [0.4, 0.5) is 4.79 Å². The molecule has 0 unspecified atom stereocenters. The molecule has 3 rings (SSSR count). The van der Waals surface area contributed by atoms with Crippen LogP contribution in [0.3, 0.4) is 0 Å². The van der Waals surface area contributed by atoms with E-state index in [1.807, 2.05) is 55.5 Å². The average molecular weight is 396 g/mol. The van der Waals surface area contributed by atoms with E-state index in [9.17, 15) is 14.4 Å². The van der Waals surface area contributed by atoms with E-state index in [0.29, 0.717) is 10.7 Å². The lowest BCUT2D eigenvalue weighted by molar-refractivity contribution is -0.125. The fourth-order valence-electron chi connectivity index (χ4n) is 2.61. The summed E-state index contributed by atoms with van der Waals surface area (Å²) in [5, 5.41) is 2.33. The molecule has 7 heteroatoms. The summed E-state index contributed by atoms with van der Waals surface area (Å²) >= 11 is 0.905. The third kappa shape index (κ3) is 5.23. The van der Waals surface area contributed by atoms with Crippen molar-refractivity contribution in [3.63, 3.8) is 0 Å². The number of benzene rings is 2. The number of hydrogen-bond acceptors (Lipinski definition) is 5. The number of amides is 3. The second-order valence-corrected chi connectivity index (χ2v) is 7.19. The molecule has 0 radical (unpaired) electrons. The average Bonchev–Trinajstić information content (AvgIpc) is 2.94. The van der Waals surface area contributed by atoms with Crippen molar-refractivity contribution < 1.29 is 19.1 Å². The molecule has 1 aliphatic rings. The highest BCUT2D eigenvalue weighted by atomic mass is 32.2. The van der Waals surface area contributed by atoms with Gasteiger partial charge in [0.15, 0.2) is 6.61 Å². The van der Waals surface area contributed by atoms with Gasteiger partial charge in [0, 0.05) is 13.1 Å². The Bertz CT molecular complexity index is 912.